The first-order valence-electron chi connectivity index (χ1n) is 6.21. The maximum absolute atomic E-state index is 12.5. The Balaban J connectivity index is 2.30. The van der Waals surface area contributed by atoms with Crippen LogP contribution in [0.25, 0.3) is 0 Å². The molecule has 1 fully saturated rings. The van der Waals surface area contributed by atoms with E-state index in [1.165, 1.54) is 4.31 Å². The normalized spacial score (nSPS) is 21.2. The number of rotatable bonds is 3. The molecule has 1 N–H and O–H groups in total. The highest BCUT2D eigenvalue weighted by Gasteiger charge is 2.33. The smallest absolute Gasteiger partial charge is 0.307 e. The van der Waals surface area contributed by atoms with Gasteiger partial charge < -0.3 is 5.11 Å². The van der Waals surface area contributed by atoms with Crippen molar-refractivity contribution in [2.24, 2.45) is 5.92 Å². The quantitative estimate of drug-likeness (QED) is 0.911. The maximum Gasteiger partial charge on any atom is 0.307 e. The van der Waals surface area contributed by atoms with Gasteiger partial charge in [0.15, 0.2) is 0 Å². The fourth-order valence-corrected chi connectivity index (χ4v) is 4.10. The first-order valence-corrected chi connectivity index (χ1v) is 7.65. The average molecular weight is 283 g/mol. The summed E-state index contributed by atoms with van der Waals surface area (Å²) in [6.07, 6.45) is 1.12. The van der Waals surface area contributed by atoms with Crippen molar-refractivity contribution in [3.8, 4) is 0 Å². The minimum atomic E-state index is -3.59. The van der Waals surface area contributed by atoms with Gasteiger partial charge in [-0.25, -0.2) is 8.42 Å². The summed E-state index contributed by atoms with van der Waals surface area (Å²) in [5.41, 5.74) is 0.681. The Bertz CT molecular complexity index is 582. The van der Waals surface area contributed by atoms with E-state index in [9.17, 15) is 13.2 Å². The lowest BCUT2D eigenvalue weighted by Crippen LogP contribution is -2.42. The van der Waals surface area contributed by atoms with Gasteiger partial charge in [-0.05, 0) is 31.4 Å². The Kier molecular flexibility index (Phi) is 3.91. The molecule has 1 saturated heterocycles. The molecule has 1 atom stereocenters. The molecular formula is C13H17NO4S. The summed E-state index contributed by atoms with van der Waals surface area (Å²) in [4.78, 5) is 11.3. The molecule has 1 heterocycles. The molecule has 0 aromatic heterocycles. The van der Waals surface area contributed by atoms with E-state index in [0.717, 1.165) is 0 Å². The van der Waals surface area contributed by atoms with E-state index in [2.05, 4.69) is 0 Å². The number of piperidine rings is 1. The summed E-state index contributed by atoms with van der Waals surface area (Å²) in [5.74, 6) is -1.53. The van der Waals surface area contributed by atoms with Crippen LogP contribution in [0.3, 0.4) is 0 Å². The van der Waals surface area contributed by atoms with Crippen molar-refractivity contribution in [1.82, 2.24) is 4.31 Å². The van der Waals surface area contributed by atoms with Crippen LogP contribution < -0.4 is 0 Å². The molecular weight excluding hydrogens is 266 g/mol. The predicted molar refractivity (Wildman–Crippen MR) is 70.3 cm³/mol. The number of aryl methyl sites for hydroxylation is 1. The monoisotopic (exact) mass is 283 g/mol. The molecule has 1 aromatic rings. The highest BCUT2D eigenvalue weighted by molar-refractivity contribution is 7.89. The standard InChI is InChI=1S/C13H17NO4S/c1-10-5-2-3-7-12(10)19(17,18)14-8-4-6-11(9-14)13(15)16/h2-3,5,7,11H,4,6,8-9H2,1H3,(H,15,16)/t11-/m1/s1. The molecule has 0 spiro atoms. The van der Waals surface area contributed by atoms with Crippen LogP contribution in [-0.4, -0.2) is 36.9 Å². The molecule has 0 amide bonds. The van der Waals surface area contributed by atoms with Crippen molar-refractivity contribution in [2.75, 3.05) is 13.1 Å². The van der Waals surface area contributed by atoms with Crippen LogP contribution in [0.5, 0.6) is 0 Å². The summed E-state index contributed by atoms with van der Waals surface area (Å²) in [6, 6.07) is 6.77. The van der Waals surface area contributed by atoms with E-state index in [0.29, 0.717) is 24.9 Å². The summed E-state index contributed by atoms with van der Waals surface area (Å²) in [6.45, 7) is 2.19. The number of sulfonamides is 1. The predicted octanol–water partition coefficient (Wildman–Crippen LogP) is 1.48. The van der Waals surface area contributed by atoms with Crippen LogP contribution in [0.2, 0.25) is 0 Å². The molecule has 0 unspecified atom stereocenters. The minimum Gasteiger partial charge on any atom is -0.481 e. The van der Waals surface area contributed by atoms with Gasteiger partial charge in [0.05, 0.1) is 10.8 Å². The van der Waals surface area contributed by atoms with Crippen molar-refractivity contribution < 1.29 is 18.3 Å². The van der Waals surface area contributed by atoms with E-state index in [-0.39, 0.29) is 11.4 Å². The van der Waals surface area contributed by atoms with Crippen molar-refractivity contribution in [3.05, 3.63) is 29.8 Å². The van der Waals surface area contributed by atoms with Crippen molar-refractivity contribution in [3.63, 3.8) is 0 Å². The SMILES string of the molecule is Cc1ccccc1S(=O)(=O)N1CCC[C@@H](C(=O)O)C1. The van der Waals surface area contributed by atoms with Crippen molar-refractivity contribution in [1.29, 1.82) is 0 Å². The lowest BCUT2D eigenvalue weighted by atomic mass is 10.0. The van der Waals surface area contributed by atoms with Gasteiger partial charge in [-0.3, -0.25) is 4.79 Å². The van der Waals surface area contributed by atoms with E-state index in [1.54, 1.807) is 31.2 Å². The van der Waals surface area contributed by atoms with Gasteiger partial charge in [0.25, 0.3) is 0 Å². The Morgan fingerprint density at radius 1 is 1.37 bits per heavy atom. The number of carboxylic acids is 1. The molecule has 0 radical (unpaired) electrons. The van der Waals surface area contributed by atoms with Crippen molar-refractivity contribution in [2.45, 2.75) is 24.7 Å². The topological polar surface area (TPSA) is 74.7 Å². The van der Waals surface area contributed by atoms with Gasteiger partial charge in [0.2, 0.25) is 10.0 Å². The number of nitrogens with zero attached hydrogens (tertiary/aromatic N) is 1. The second kappa shape index (κ2) is 5.30. The first-order chi connectivity index (χ1) is 8.93. The average Bonchev–Trinajstić information content (AvgIpc) is 2.39. The zero-order chi connectivity index (χ0) is 14.0. The Labute approximate surface area is 112 Å². The lowest BCUT2D eigenvalue weighted by Gasteiger charge is -2.30. The number of hydrogen-bond donors (Lipinski definition) is 1. The third-order valence-corrected chi connectivity index (χ3v) is 5.47. The Morgan fingerprint density at radius 3 is 2.68 bits per heavy atom. The summed E-state index contributed by atoms with van der Waals surface area (Å²) < 4.78 is 26.3. The number of carboxylic acid groups (broad SMARTS) is 1. The zero-order valence-corrected chi connectivity index (χ0v) is 11.6. The highest BCUT2D eigenvalue weighted by Crippen LogP contribution is 2.25. The fourth-order valence-electron chi connectivity index (χ4n) is 2.35. The molecule has 1 aromatic carbocycles. The van der Waals surface area contributed by atoms with E-state index >= 15 is 0 Å². The molecule has 1 aliphatic heterocycles. The second-order valence-electron chi connectivity index (χ2n) is 4.81. The van der Waals surface area contributed by atoms with Gasteiger partial charge in [0.1, 0.15) is 0 Å². The number of benzene rings is 1. The number of carbonyl (C=O) groups is 1. The third kappa shape index (κ3) is 2.79. The van der Waals surface area contributed by atoms with Gasteiger partial charge >= 0.3 is 5.97 Å². The fraction of sp³-hybridized carbons (Fsp3) is 0.462. The van der Waals surface area contributed by atoms with Crippen LogP contribution >= 0.6 is 0 Å². The summed E-state index contributed by atoms with van der Waals surface area (Å²) in [7, 11) is -3.59. The van der Waals surface area contributed by atoms with Crippen LogP contribution in [-0.2, 0) is 14.8 Å². The van der Waals surface area contributed by atoms with Gasteiger partial charge in [0, 0.05) is 13.1 Å². The molecule has 0 bridgehead atoms. The zero-order valence-electron chi connectivity index (χ0n) is 10.7. The summed E-state index contributed by atoms with van der Waals surface area (Å²) >= 11 is 0. The van der Waals surface area contributed by atoms with Crippen LogP contribution in [0.4, 0.5) is 0 Å². The molecule has 104 valence electrons. The number of hydrogen-bond acceptors (Lipinski definition) is 3. The molecule has 5 nitrogen and oxygen atoms in total. The van der Waals surface area contributed by atoms with E-state index in [1.807, 2.05) is 0 Å². The van der Waals surface area contributed by atoms with Gasteiger partial charge in [-0.1, -0.05) is 18.2 Å². The van der Waals surface area contributed by atoms with Gasteiger partial charge in [-0.15, -0.1) is 0 Å². The molecule has 19 heavy (non-hydrogen) atoms. The van der Waals surface area contributed by atoms with E-state index < -0.39 is 21.9 Å². The number of aliphatic carboxylic acids is 1. The molecule has 6 heteroatoms. The molecule has 2 rings (SSSR count). The molecule has 0 saturated carbocycles. The van der Waals surface area contributed by atoms with Crippen LogP contribution in [0, 0.1) is 12.8 Å². The summed E-state index contributed by atoms with van der Waals surface area (Å²) in [5, 5.41) is 9.03. The third-order valence-electron chi connectivity index (χ3n) is 3.44. The Hall–Kier alpha value is -1.40. The Morgan fingerprint density at radius 2 is 2.05 bits per heavy atom. The first kappa shape index (κ1) is 14.0. The largest absolute Gasteiger partial charge is 0.481 e. The lowest BCUT2D eigenvalue weighted by molar-refractivity contribution is -0.142. The second-order valence-corrected chi connectivity index (χ2v) is 6.71. The van der Waals surface area contributed by atoms with Crippen LogP contribution in [0.15, 0.2) is 29.2 Å². The molecule has 0 aliphatic carbocycles. The molecule has 1 aliphatic rings. The maximum atomic E-state index is 12.5. The van der Waals surface area contributed by atoms with Crippen molar-refractivity contribution >= 4 is 16.0 Å². The minimum absolute atomic E-state index is 0.0615. The van der Waals surface area contributed by atoms with Crippen LogP contribution in [0.1, 0.15) is 18.4 Å². The van der Waals surface area contributed by atoms with E-state index in [4.69, 9.17) is 5.11 Å². The van der Waals surface area contributed by atoms with Gasteiger partial charge in [-0.2, -0.15) is 4.31 Å². The highest BCUT2D eigenvalue weighted by atomic mass is 32.2.